The Morgan fingerprint density at radius 2 is 1.67 bits per heavy atom. The van der Waals surface area contributed by atoms with Crippen LogP contribution in [-0.2, 0) is 5.54 Å². The molecule has 0 aromatic heterocycles. The third kappa shape index (κ3) is 3.52. The van der Waals surface area contributed by atoms with Crippen molar-refractivity contribution in [3.63, 3.8) is 0 Å². The molecule has 1 aliphatic rings. The van der Waals surface area contributed by atoms with E-state index >= 15 is 0 Å². The molecule has 6 nitrogen and oxygen atoms in total. The zero-order valence-corrected chi connectivity index (χ0v) is 16.6. The molecule has 6 heteroatoms. The van der Waals surface area contributed by atoms with Crippen molar-refractivity contribution in [1.29, 1.82) is 0 Å². The number of guanidine groups is 1. The summed E-state index contributed by atoms with van der Waals surface area (Å²) in [6, 6.07) is 12.3. The number of rotatable bonds is 5. The molecule has 0 fully saturated rings. The lowest BCUT2D eigenvalue weighted by molar-refractivity contribution is 0.324. The molecular formula is C21H27N3O3. The summed E-state index contributed by atoms with van der Waals surface area (Å²) in [5.41, 5.74) is 8.91. The second-order valence-electron chi connectivity index (χ2n) is 6.91. The summed E-state index contributed by atoms with van der Waals surface area (Å²) in [5, 5.41) is 0. The fourth-order valence-electron chi connectivity index (χ4n) is 3.38. The highest BCUT2D eigenvalue weighted by molar-refractivity contribution is 5.79. The number of nitrogens with zero attached hydrogens (tertiary/aromatic N) is 2. The fraction of sp³-hybridized carbons (Fsp3) is 0.381. The lowest BCUT2D eigenvalue weighted by Gasteiger charge is -2.35. The predicted octanol–water partition coefficient (Wildman–Crippen LogP) is 3.24. The first kappa shape index (κ1) is 18.9. The van der Waals surface area contributed by atoms with Gasteiger partial charge in [0.1, 0.15) is 0 Å². The molecule has 0 aliphatic carbocycles. The van der Waals surface area contributed by atoms with E-state index in [0.29, 0.717) is 23.2 Å². The van der Waals surface area contributed by atoms with Gasteiger partial charge in [0.15, 0.2) is 17.5 Å². The summed E-state index contributed by atoms with van der Waals surface area (Å²) in [6.45, 7) is 3.00. The van der Waals surface area contributed by atoms with Crippen molar-refractivity contribution in [2.45, 2.75) is 18.9 Å². The minimum absolute atomic E-state index is 0.340. The summed E-state index contributed by atoms with van der Waals surface area (Å²) in [6.07, 6.45) is 0.906. The smallest absolute Gasteiger partial charge is 0.203 e. The summed E-state index contributed by atoms with van der Waals surface area (Å²) >= 11 is 0. The van der Waals surface area contributed by atoms with Crippen molar-refractivity contribution in [3.05, 3.63) is 42.0 Å². The first-order valence-electron chi connectivity index (χ1n) is 8.89. The van der Waals surface area contributed by atoms with Crippen LogP contribution < -0.4 is 19.9 Å². The summed E-state index contributed by atoms with van der Waals surface area (Å²) in [7, 11) is 6.80. The monoisotopic (exact) mass is 369 g/mol. The molecule has 0 saturated heterocycles. The van der Waals surface area contributed by atoms with Crippen molar-refractivity contribution in [2.24, 2.45) is 10.7 Å². The largest absolute Gasteiger partial charge is 0.493 e. The highest BCUT2D eigenvalue weighted by Crippen LogP contribution is 2.42. The molecule has 1 atom stereocenters. The van der Waals surface area contributed by atoms with E-state index in [1.54, 1.807) is 21.3 Å². The predicted molar refractivity (Wildman–Crippen MR) is 108 cm³/mol. The van der Waals surface area contributed by atoms with Crippen LogP contribution in [-0.4, -0.2) is 45.8 Å². The molecule has 0 spiro atoms. The normalized spacial score (nSPS) is 19.4. The molecule has 2 aromatic carbocycles. The van der Waals surface area contributed by atoms with Crippen molar-refractivity contribution >= 4 is 5.96 Å². The van der Waals surface area contributed by atoms with E-state index in [9.17, 15) is 0 Å². The van der Waals surface area contributed by atoms with Gasteiger partial charge in [-0.3, -0.25) is 0 Å². The van der Waals surface area contributed by atoms with E-state index in [-0.39, 0.29) is 5.54 Å². The van der Waals surface area contributed by atoms with Crippen molar-refractivity contribution < 1.29 is 14.2 Å². The Labute approximate surface area is 160 Å². The molecule has 1 aliphatic heterocycles. The Bertz CT molecular complexity index is 840. The molecule has 0 amide bonds. The molecule has 1 heterocycles. The van der Waals surface area contributed by atoms with Crippen LogP contribution in [0, 0.1) is 0 Å². The van der Waals surface area contributed by atoms with Gasteiger partial charge in [0.05, 0.1) is 26.9 Å². The number of hydrogen-bond donors (Lipinski definition) is 1. The number of aliphatic imine (C=N–C) groups is 1. The van der Waals surface area contributed by atoms with Crippen molar-refractivity contribution in [2.75, 3.05) is 34.9 Å². The van der Waals surface area contributed by atoms with Crippen LogP contribution in [0.3, 0.4) is 0 Å². The second-order valence-corrected chi connectivity index (χ2v) is 6.91. The van der Waals surface area contributed by atoms with E-state index in [1.165, 1.54) is 0 Å². The maximum Gasteiger partial charge on any atom is 0.203 e. The average Bonchev–Trinajstić information content (AvgIpc) is 2.70. The molecule has 27 heavy (non-hydrogen) atoms. The number of benzene rings is 2. The van der Waals surface area contributed by atoms with Gasteiger partial charge in [-0.2, -0.15) is 0 Å². The molecule has 0 bridgehead atoms. The van der Waals surface area contributed by atoms with Gasteiger partial charge in [-0.1, -0.05) is 18.2 Å². The first-order valence-corrected chi connectivity index (χ1v) is 8.89. The van der Waals surface area contributed by atoms with Gasteiger partial charge in [-0.25, -0.2) is 4.99 Å². The van der Waals surface area contributed by atoms with Gasteiger partial charge in [-0.15, -0.1) is 0 Å². The molecule has 2 N–H and O–H groups in total. The average molecular weight is 369 g/mol. The van der Waals surface area contributed by atoms with Crippen LogP contribution in [0.25, 0.3) is 11.1 Å². The third-order valence-electron chi connectivity index (χ3n) is 5.17. The summed E-state index contributed by atoms with van der Waals surface area (Å²) < 4.78 is 16.4. The SMILES string of the molecule is COc1cc(-c2cccc(C3(C)CCN(C)C(N)=N3)c2)cc(OC)c1OC. The Kier molecular flexibility index (Phi) is 5.17. The lowest BCUT2D eigenvalue weighted by Crippen LogP contribution is -2.43. The van der Waals surface area contributed by atoms with Crippen LogP contribution in [0.2, 0.25) is 0 Å². The second kappa shape index (κ2) is 7.39. The molecule has 1 unspecified atom stereocenters. The van der Waals surface area contributed by atoms with Gasteiger partial charge in [0.2, 0.25) is 5.75 Å². The highest BCUT2D eigenvalue weighted by Gasteiger charge is 2.31. The summed E-state index contributed by atoms with van der Waals surface area (Å²) in [4.78, 5) is 6.72. The van der Waals surface area contributed by atoms with Gasteiger partial charge in [-0.05, 0) is 48.2 Å². The van der Waals surface area contributed by atoms with Crippen LogP contribution in [0.15, 0.2) is 41.4 Å². The van der Waals surface area contributed by atoms with E-state index < -0.39 is 0 Å². The number of nitrogens with two attached hydrogens (primary N) is 1. The van der Waals surface area contributed by atoms with E-state index in [4.69, 9.17) is 24.9 Å². The first-order chi connectivity index (χ1) is 12.9. The van der Waals surface area contributed by atoms with E-state index in [1.807, 2.05) is 30.1 Å². The quantitative estimate of drug-likeness (QED) is 0.876. The molecule has 2 aromatic rings. The number of hydrogen-bond acceptors (Lipinski definition) is 6. The van der Waals surface area contributed by atoms with Crippen molar-refractivity contribution in [3.8, 4) is 28.4 Å². The Morgan fingerprint density at radius 3 is 2.22 bits per heavy atom. The zero-order chi connectivity index (χ0) is 19.6. The van der Waals surface area contributed by atoms with Crippen molar-refractivity contribution in [1.82, 2.24) is 4.90 Å². The molecule has 0 radical (unpaired) electrons. The molecule has 3 rings (SSSR count). The van der Waals surface area contributed by atoms with Crippen LogP contribution in [0.5, 0.6) is 17.2 Å². The molecule has 144 valence electrons. The van der Waals surface area contributed by atoms with Gasteiger partial charge in [0.25, 0.3) is 0 Å². The molecular weight excluding hydrogens is 342 g/mol. The van der Waals surface area contributed by atoms with E-state index in [2.05, 4.69) is 25.1 Å². The number of methoxy groups -OCH3 is 3. The van der Waals surface area contributed by atoms with Crippen LogP contribution >= 0.6 is 0 Å². The topological polar surface area (TPSA) is 69.3 Å². The van der Waals surface area contributed by atoms with Gasteiger partial charge >= 0.3 is 0 Å². The van der Waals surface area contributed by atoms with Crippen LogP contribution in [0.4, 0.5) is 0 Å². The van der Waals surface area contributed by atoms with E-state index in [0.717, 1.165) is 29.7 Å². The van der Waals surface area contributed by atoms with Gasteiger partial charge in [0, 0.05) is 13.6 Å². The maximum absolute atomic E-state index is 6.08. The maximum atomic E-state index is 6.08. The zero-order valence-electron chi connectivity index (χ0n) is 16.6. The minimum Gasteiger partial charge on any atom is -0.493 e. The Balaban J connectivity index is 2.07. The fourth-order valence-corrected chi connectivity index (χ4v) is 3.38. The molecule has 0 saturated carbocycles. The Morgan fingerprint density at radius 1 is 1.00 bits per heavy atom. The van der Waals surface area contributed by atoms with Crippen LogP contribution in [0.1, 0.15) is 18.9 Å². The minimum atomic E-state index is -0.340. The standard InChI is InChI=1S/C21H27N3O3/c1-21(9-10-24(2)20(22)23-21)16-8-6-7-14(11-16)15-12-17(25-3)19(27-5)18(13-15)26-4/h6-8,11-13H,9-10H2,1-5H3,(H2,22,23). The summed E-state index contributed by atoms with van der Waals surface area (Å²) in [5.74, 6) is 2.41. The lowest BCUT2D eigenvalue weighted by atomic mass is 9.86. The highest BCUT2D eigenvalue weighted by atomic mass is 16.5. The number of ether oxygens (including phenoxy) is 3. The Hall–Kier alpha value is -2.89. The van der Waals surface area contributed by atoms with Gasteiger partial charge < -0.3 is 24.8 Å². The third-order valence-corrected chi connectivity index (χ3v) is 5.17.